The summed E-state index contributed by atoms with van der Waals surface area (Å²) < 4.78 is 5.39. The van der Waals surface area contributed by atoms with Crippen molar-refractivity contribution in [1.82, 2.24) is 5.32 Å². The monoisotopic (exact) mass is 440 g/mol. The van der Waals surface area contributed by atoms with E-state index < -0.39 is 0 Å². The van der Waals surface area contributed by atoms with E-state index in [1.54, 1.807) is 4.90 Å². The topological polar surface area (TPSA) is 63.1 Å². The predicted octanol–water partition coefficient (Wildman–Crippen LogP) is 1.67. The first-order valence-corrected chi connectivity index (χ1v) is 11.9. The number of hydrogen-bond donors (Lipinski definition) is 2. The second-order valence-electron chi connectivity index (χ2n) is 8.16. The Morgan fingerprint density at radius 3 is 2.71 bits per heavy atom. The van der Waals surface area contributed by atoms with Crippen molar-refractivity contribution in [3.8, 4) is 0 Å². The van der Waals surface area contributed by atoms with Crippen molar-refractivity contribution in [1.29, 1.82) is 0 Å². The van der Waals surface area contributed by atoms with Crippen LogP contribution in [0.4, 0.5) is 5.69 Å². The molecular formula is C24H30N3O3S+. The molecule has 2 aliphatic rings. The Kier molecular flexibility index (Phi) is 7.27. The number of anilines is 1. The maximum atomic E-state index is 12.7. The highest BCUT2D eigenvalue weighted by atomic mass is 32.2. The Balaban J connectivity index is 1.39. The van der Waals surface area contributed by atoms with E-state index >= 15 is 0 Å². The largest absolute Gasteiger partial charge is 0.370 e. The number of nitrogens with zero attached hydrogens (tertiary/aromatic N) is 1. The number of fused-ring (bicyclic) bond motifs is 1. The van der Waals surface area contributed by atoms with Gasteiger partial charge in [0.15, 0.2) is 0 Å². The van der Waals surface area contributed by atoms with E-state index in [0.717, 1.165) is 55.4 Å². The molecular weight excluding hydrogens is 410 g/mol. The summed E-state index contributed by atoms with van der Waals surface area (Å²) in [5.41, 5.74) is 3.70. The zero-order valence-electron chi connectivity index (χ0n) is 18.0. The molecule has 2 aliphatic heterocycles. The Morgan fingerprint density at radius 2 is 1.94 bits per heavy atom. The Morgan fingerprint density at radius 1 is 1.16 bits per heavy atom. The summed E-state index contributed by atoms with van der Waals surface area (Å²) in [6.07, 6.45) is 0.944. The molecule has 0 aliphatic carbocycles. The van der Waals surface area contributed by atoms with Gasteiger partial charge >= 0.3 is 0 Å². The molecule has 31 heavy (non-hydrogen) atoms. The van der Waals surface area contributed by atoms with Crippen LogP contribution in [0.15, 0.2) is 47.4 Å². The average molecular weight is 441 g/mol. The minimum absolute atomic E-state index is 0.0733. The van der Waals surface area contributed by atoms with Gasteiger partial charge < -0.3 is 19.9 Å². The van der Waals surface area contributed by atoms with Crippen molar-refractivity contribution < 1.29 is 19.2 Å². The third-order valence-electron chi connectivity index (χ3n) is 5.82. The van der Waals surface area contributed by atoms with Gasteiger partial charge in [-0.05, 0) is 30.7 Å². The van der Waals surface area contributed by atoms with Gasteiger partial charge in [0.1, 0.15) is 13.1 Å². The molecule has 2 aromatic rings. The lowest BCUT2D eigenvalue weighted by Crippen LogP contribution is -3.14. The molecule has 164 valence electrons. The van der Waals surface area contributed by atoms with Crippen LogP contribution in [0.1, 0.15) is 27.9 Å². The van der Waals surface area contributed by atoms with Gasteiger partial charge in [-0.3, -0.25) is 9.59 Å². The molecule has 1 fully saturated rings. The fraction of sp³-hybridized carbons (Fsp3) is 0.417. The number of nitrogens with one attached hydrogen (secondary N) is 2. The molecule has 6 nitrogen and oxygen atoms in total. The van der Waals surface area contributed by atoms with Crippen molar-refractivity contribution in [3.63, 3.8) is 0 Å². The van der Waals surface area contributed by atoms with Gasteiger partial charge in [0.05, 0.1) is 37.7 Å². The van der Waals surface area contributed by atoms with Crippen LogP contribution in [0.3, 0.4) is 0 Å². The van der Waals surface area contributed by atoms with Crippen LogP contribution >= 0.6 is 11.8 Å². The fourth-order valence-electron chi connectivity index (χ4n) is 3.95. The van der Waals surface area contributed by atoms with Crippen molar-refractivity contribution >= 4 is 29.3 Å². The lowest BCUT2D eigenvalue weighted by molar-refractivity contribution is -0.908. The molecule has 7 heteroatoms. The summed E-state index contributed by atoms with van der Waals surface area (Å²) in [4.78, 5) is 29.8. The molecule has 2 heterocycles. The van der Waals surface area contributed by atoms with Crippen LogP contribution in [-0.2, 0) is 16.1 Å². The van der Waals surface area contributed by atoms with Gasteiger partial charge in [0.25, 0.3) is 5.91 Å². The number of rotatable bonds is 7. The maximum absolute atomic E-state index is 12.7. The third-order valence-corrected chi connectivity index (χ3v) is 6.87. The van der Waals surface area contributed by atoms with E-state index in [9.17, 15) is 9.59 Å². The van der Waals surface area contributed by atoms with Crippen LogP contribution in [0.2, 0.25) is 0 Å². The van der Waals surface area contributed by atoms with Crippen LogP contribution in [-0.4, -0.2) is 57.0 Å². The Hall–Kier alpha value is -2.35. The van der Waals surface area contributed by atoms with Gasteiger partial charge in [-0.1, -0.05) is 29.8 Å². The summed E-state index contributed by atoms with van der Waals surface area (Å²) in [5.74, 6) is 0.413. The SMILES string of the molecule is Cc1ccc(CN2C(=O)CSc3ccc(C(=O)NCCC[NH+]4CCOCC4)cc32)cc1. The summed E-state index contributed by atoms with van der Waals surface area (Å²) in [6, 6.07) is 13.9. The summed E-state index contributed by atoms with van der Waals surface area (Å²) in [6.45, 7) is 8.00. The molecule has 0 bridgehead atoms. The molecule has 0 saturated carbocycles. The molecule has 2 aromatic carbocycles. The average Bonchev–Trinajstić information content (AvgIpc) is 2.80. The normalized spacial score (nSPS) is 16.8. The quantitative estimate of drug-likeness (QED) is 0.643. The molecule has 0 atom stereocenters. The van der Waals surface area contributed by atoms with Gasteiger partial charge in [0.2, 0.25) is 5.91 Å². The number of carbonyl (C=O) groups is 2. The van der Waals surface area contributed by atoms with E-state index in [1.165, 1.54) is 22.2 Å². The molecule has 0 spiro atoms. The first kappa shape index (κ1) is 21.9. The number of hydrogen-bond acceptors (Lipinski definition) is 4. The lowest BCUT2D eigenvalue weighted by atomic mass is 10.1. The first-order valence-electron chi connectivity index (χ1n) is 10.9. The number of quaternary nitrogens is 1. The van der Waals surface area contributed by atoms with Crippen molar-refractivity contribution in [2.45, 2.75) is 24.8 Å². The van der Waals surface area contributed by atoms with E-state index in [0.29, 0.717) is 24.4 Å². The lowest BCUT2D eigenvalue weighted by Gasteiger charge is -2.29. The number of carbonyl (C=O) groups excluding carboxylic acids is 2. The number of benzene rings is 2. The van der Waals surface area contributed by atoms with Crippen molar-refractivity contribution in [3.05, 3.63) is 59.2 Å². The standard InChI is InChI=1S/C24H29N3O3S/c1-18-3-5-19(6-4-18)16-27-21-15-20(7-8-22(21)31-17-23(27)28)24(29)25-9-2-10-26-11-13-30-14-12-26/h3-8,15H,2,9-14,16-17H2,1H3,(H,25,29)/p+1. The van der Waals surface area contributed by atoms with Crippen LogP contribution < -0.4 is 15.1 Å². The zero-order valence-corrected chi connectivity index (χ0v) is 18.8. The highest BCUT2D eigenvalue weighted by molar-refractivity contribution is 8.00. The molecule has 2 amide bonds. The Bertz CT molecular complexity index is 926. The van der Waals surface area contributed by atoms with E-state index in [1.807, 2.05) is 18.2 Å². The minimum atomic E-state index is -0.0851. The highest BCUT2D eigenvalue weighted by Gasteiger charge is 2.26. The Labute approximate surface area is 187 Å². The molecule has 0 radical (unpaired) electrons. The first-order chi connectivity index (χ1) is 15.1. The summed E-state index contributed by atoms with van der Waals surface area (Å²) >= 11 is 1.54. The minimum Gasteiger partial charge on any atom is -0.370 e. The zero-order chi connectivity index (χ0) is 21.6. The van der Waals surface area contributed by atoms with E-state index in [-0.39, 0.29) is 11.8 Å². The molecule has 2 N–H and O–H groups in total. The van der Waals surface area contributed by atoms with E-state index in [2.05, 4.69) is 36.5 Å². The number of aryl methyl sites for hydroxylation is 1. The smallest absolute Gasteiger partial charge is 0.251 e. The van der Waals surface area contributed by atoms with Crippen LogP contribution in [0, 0.1) is 6.92 Å². The van der Waals surface area contributed by atoms with Gasteiger partial charge in [0, 0.05) is 23.4 Å². The maximum Gasteiger partial charge on any atom is 0.251 e. The summed E-state index contributed by atoms with van der Waals surface area (Å²) in [7, 11) is 0. The van der Waals surface area contributed by atoms with Gasteiger partial charge in [-0.2, -0.15) is 0 Å². The highest BCUT2D eigenvalue weighted by Crippen LogP contribution is 2.36. The van der Waals surface area contributed by atoms with Crippen LogP contribution in [0.25, 0.3) is 0 Å². The van der Waals surface area contributed by atoms with Crippen molar-refractivity contribution in [2.24, 2.45) is 0 Å². The van der Waals surface area contributed by atoms with Gasteiger partial charge in [-0.15, -0.1) is 11.8 Å². The molecule has 0 aromatic heterocycles. The molecule has 4 rings (SSSR count). The van der Waals surface area contributed by atoms with Gasteiger partial charge in [-0.25, -0.2) is 0 Å². The number of morpholine rings is 1. The predicted molar refractivity (Wildman–Crippen MR) is 123 cm³/mol. The second kappa shape index (κ2) is 10.3. The number of amides is 2. The summed E-state index contributed by atoms with van der Waals surface area (Å²) in [5, 5.41) is 3.03. The second-order valence-corrected chi connectivity index (χ2v) is 9.18. The number of thioether (sulfide) groups is 1. The fourth-order valence-corrected chi connectivity index (χ4v) is 4.86. The molecule has 1 saturated heterocycles. The van der Waals surface area contributed by atoms with E-state index in [4.69, 9.17) is 4.74 Å². The molecule has 0 unspecified atom stereocenters. The van der Waals surface area contributed by atoms with Crippen molar-refractivity contribution in [2.75, 3.05) is 50.0 Å². The number of ether oxygens (including phenoxy) is 1. The van der Waals surface area contributed by atoms with Crippen LogP contribution in [0.5, 0.6) is 0 Å². The third kappa shape index (κ3) is 5.67.